The van der Waals surface area contributed by atoms with Crippen LogP contribution in [0.25, 0.3) is 0 Å². The molecule has 0 aromatic carbocycles. The number of carboxylic acids is 1. The van der Waals surface area contributed by atoms with Crippen LogP contribution in [0.15, 0.2) is 18.3 Å². The molecule has 2 rings (SSSR count). The van der Waals surface area contributed by atoms with Crippen LogP contribution in [-0.4, -0.2) is 29.1 Å². The lowest BCUT2D eigenvalue weighted by Gasteiger charge is -2.39. The maximum atomic E-state index is 12.5. The van der Waals surface area contributed by atoms with Crippen LogP contribution in [0.3, 0.4) is 0 Å². The molecule has 7 heteroatoms. The van der Waals surface area contributed by atoms with Crippen molar-refractivity contribution in [2.24, 2.45) is 5.92 Å². The molecule has 1 aromatic rings. The zero-order valence-electron chi connectivity index (χ0n) is 9.31. The summed E-state index contributed by atoms with van der Waals surface area (Å²) in [6.45, 7) is 0.862. The number of aliphatic carboxylic acids is 1. The first-order chi connectivity index (χ1) is 8.36. The number of pyridine rings is 1. The normalized spacial score (nSPS) is 16.5. The molecule has 1 fully saturated rings. The molecule has 0 amide bonds. The summed E-state index contributed by atoms with van der Waals surface area (Å²) in [5.41, 5.74) is -0.741. The summed E-state index contributed by atoms with van der Waals surface area (Å²) in [5, 5.41) is 8.57. The Morgan fingerprint density at radius 1 is 1.50 bits per heavy atom. The van der Waals surface area contributed by atoms with Crippen molar-refractivity contribution in [1.82, 2.24) is 4.98 Å². The minimum absolute atomic E-state index is 0.0150. The summed E-state index contributed by atoms with van der Waals surface area (Å²) < 4.78 is 37.4. The quantitative estimate of drug-likeness (QED) is 0.903. The molecule has 0 unspecified atom stereocenters. The highest BCUT2D eigenvalue weighted by Gasteiger charge is 2.33. The first-order valence-corrected chi connectivity index (χ1v) is 5.36. The Morgan fingerprint density at radius 2 is 2.17 bits per heavy atom. The Labute approximate surface area is 101 Å². The first-order valence-electron chi connectivity index (χ1n) is 5.36. The lowest BCUT2D eigenvalue weighted by Crippen LogP contribution is -2.48. The molecule has 1 aliphatic rings. The van der Waals surface area contributed by atoms with Crippen LogP contribution >= 0.6 is 0 Å². The van der Waals surface area contributed by atoms with Crippen molar-refractivity contribution < 1.29 is 23.1 Å². The summed E-state index contributed by atoms with van der Waals surface area (Å²) in [6, 6.07) is 1.90. The molecule has 0 saturated carbocycles. The largest absolute Gasteiger partial charge is 0.481 e. The molecule has 1 aromatic heterocycles. The molecule has 0 aliphatic carbocycles. The summed E-state index contributed by atoms with van der Waals surface area (Å²) in [7, 11) is 0. The molecule has 1 aliphatic heterocycles. The highest BCUT2D eigenvalue weighted by Crippen LogP contribution is 2.32. The van der Waals surface area contributed by atoms with Crippen LogP contribution in [0.2, 0.25) is 0 Å². The second kappa shape index (κ2) is 4.47. The molecule has 4 nitrogen and oxygen atoms in total. The van der Waals surface area contributed by atoms with Crippen molar-refractivity contribution in [2.45, 2.75) is 12.6 Å². The highest BCUT2D eigenvalue weighted by atomic mass is 19.4. The standard InChI is InChI=1S/C11H11F3N2O2/c12-11(13,14)8-1-2-15-9(4-8)16-5-7(6-16)3-10(17)18/h1-2,4,7H,3,5-6H2,(H,17,18). The minimum atomic E-state index is -4.39. The van der Waals surface area contributed by atoms with Gasteiger partial charge in [-0.3, -0.25) is 4.79 Å². The summed E-state index contributed by atoms with van der Waals surface area (Å²) in [6.07, 6.45) is -3.23. The van der Waals surface area contributed by atoms with Crippen molar-refractivity contribution in [2.75, 3.05) is 18.0 Å². The van der Waals surface area contributed by atoms with E-state index in [1.165, 1.54) is 0 Å². The Morgan fingerprint density at radius 3 is 2.72 bits per heavy atom. The number of halogens is 3. The molecule has 1 N–H and O–H groups in total. The predicted molar refractivity (Wildman–Crippen MR) is 57.2 cm³/mol. The average molecular weight is 260 g/mol. The van der Waals surface area contributed by atoms with Crippen molar-refractivity contribution in [3.63, 3.8) is 0 Å². The van der Waals surface area contributed by atoms with Crippen LogP contribution in [0.4, 0.5) is 19.0 Å². The maximum absolute atomic E-state index is 12.5. The van der Waals surface area contributed by atoms with E-state index in [1.807, 2.05) is 0 Å². The van der Waals surface area contributed by atoms with E-state index in [4.69, 9.17) is 5.11 Å². The Hall–Kier alpha value is -1.79. The van der Waals surface area contributed by atoms with E-state index in [0.717, 1.165) is 18.3 Å². The molecule has 2 heterocycles. The fraction of sp³-hybridized carbons (Fsp3) is 0.455. The van der Waals surface area contributed by atoms with Gasteiger partial charge in [-0.2, -0.15) is 13.2 Å². The Balaban J connectivity index is 2.02. The van der Waals surface area contributed by atoms with Gasteiger partial charge in [0.15, 0.2) is 0 Å². The second-order valence-corrected chi connectivity index (χ2v) is 4.27. The van der Waals surface area contributed by atoms with Crippen LogP contribution < -0.4 is 4.90 Å². The monoisotopic (exact) mass is 260 g/mol. The average Bonchev–Trinajstić information content (AvgIpc) is 2.21. The third-order valence-corrected chi connectivity index (χ3v) is 2.82. The number of anilines is 1. The zero-order valence-corrected chi connectivity index (χ0v) is 9.31. The van der Waals surface area contributed by atoms with Crippen molar-refractivity contribution >= 4 is 11.8 Å². The van der Waals surface area contributed by atoms with E-state index in [9.17, 15) is 18.0 Å². The van der Waals surface area contributed by atoms with E-state index in [1.54, 1.807) is 4.90 Å². The fourth-order valence-electron chi connectivity index (χ4n) is 1.90. The Kier molecular flexibility index (Phi) is 3.14. The van der Waals surface area contributed by atoms with E-state index < -0.39 is 17.7 Å². The predicted octanol–water partition coefficient (Wildman–Crippen LogP) is 2.01. The number of carboxylic acid groups (broad SMARTS) is 1. The molecule has 1 saturated heterocycles. The summed E-state index contributed by atoms with van der Waals surface area (Å²) in [4.78, 5) is 16.0. The van der Waals surface area contributed by atoms with Gasteiger partial charge in [-0.25, -0.2) is 4.98 Å². The van der Waals surface area contributed by atoms with Crippen molar-refractivity contribution in [3.8, 4) is 0 Å². The lowest BCUT2D eigenvalue weighted by atomic mass is 9.96. The topological polar surface area (TPSA) is 53.4 Å². The SMILES string of the molecule is O=C(O)CC1CN(c2cc(C(F)(F)F)ccn2)C1. The number of rotatable bonds is 3. The third kappa shape index (κ3) is 2.72. The molecule has 18 heavy (non-hydrogen) atoms. The van der Waals surface area contributed by atoms with Gasteiger partial charge in [0, 0.05) is 25.2 Å². The molecule has 0 radical (unpaired) electrons. The van der Waals surface area contributed by atoms with Gasteiger partial charge in [0.2, 0.25) is 0 Å². The second-order valence-electron chi connectivity index (χ2n) is 4.27. The van der Waals surface area contributed by atoms with Gasteiger partial charge in [-0.05, 0) is 12.1 Å². The van der Waals surface area contributed by atoms with Gasteiger partial charge >= 0.3 is 12.1 Å². The lowest BCUT2D eigenvalue weighted by molar-refractivity contribution is -0.138. The van der Waals surface area contributed by atoms with Gasteiger partial charge in [0.1, 0.15) is 5.82 Å². The number of hydrogen-bond acceptors (Lipinski definition) is 3. The molecule has 98 valence electrons. The van der Waals surface area contributed by atoms with Crippen molar-refractivity contribution in [3.05, 3.63) is 23.9 Å². The van der Waals surface area contributed by atoms with Gasteiger partial charge in [-0.15, -0.1) is 0 Å². The van der Waals surface area contributed by atoms with Gasteiger partial charge < -0.3 is 10.0 Å². The summed E-state index contributed by atoms with van der Waals surface area (Å²) in [5.74, 6) is -0.665. The van der Waals surface area contributed by atoms with Gasteiger partial charge in [-0.1, -0.05) is 0 Å². The highest BCUT2D eigenvalue weighted by molar-refractivity contribution is 5.67. The molecule has 0 spiro atoms. The smallest absolute Gasteiger partial charge is 0.416 e. The van der Waals surface area contributed by atoms with Crippen LogP contribution in [0, 0.1) is 5.92 Å². The minimum Gasteiger partial charge on any atom is -0.481 e. The molecule has 0 bridgehead atoms. The van der Waals surface area contributed by atoms with Gasteiger partial charge in [0.05, 0.1) is 12.0 Å². The van der Waals surface area contributed by atoms with E-state index in [2.05, 4.69) is 4.98 Å². The van der Waals surface area contributed by atoms with Gasteiger partial charge in [0.25, 0.3) is 0 Å². The summed E-state index contributed by atoms with van der Waals surface area (Å²) >= 11 is 0. The number of alkyl halides is 3. The number of carbonyl (C=O) groups is 1. The van der Waals surface area contributed by atoms with E-state index in [0.29, 0.717) is 13.1 Å². The third-order valence-electron chi connectivity index (χ3n) is 2.82. The van der Waals surface area contributed by atoms with Crippen LogP contribution in [-0.2, 0) is 11.0 Å². The molecule has 0 atom stereocenters. The Bertz CT molecular complexity index is 456. The number of hydrogen-bond donors (Lipinski definition) is 1. The van der Waals surface area contributed by atoms with Crippen LogP contribution in [0.5, 0.6) is 0 Å². The molecular weight excluding hydrogens is 249 g/mol. The van der Waals surface area contributed by atoms with Crippen LogP contribution in [0.1, 0.15) is 12.0 Å². The number of aromatic nitrogens is 1. The number of nitrogens with zero attached hydrogens (tertiary/aromatic N) is 2. The van der Waals surface area contributed by atoms with E-state index >= 15 is 0 Å². The maximum Gasteiger partial charge on any atom is 0.416 e. The zero-order chi connectivity index (χ0) is 13.3. The van der Waals surface area contributed by atoms with E-state index in [-0.39, 0.29) is 18.2 Å². The van der Waals surface area contributed by atoms with Crippen molar-refractivity contribution in [1.29, 1.82) is 0 Å². The fourth-order valence-corrected chi connectivity index (χ4v) is 1.90. The molecular formula is C11H11F3N2O2. The first kappa shape index (κ1) is 12.7.